The molecule has 3 nitrogen and oxygen atoms in total. The maximum Gasteiger partial charge on any atom is 2.00 e. The number of benzene rings is 3. The summed E-state index contributed by atoms with van der Waals surface area (Å²) in [4.78, 5) is 9.17. The van der Waals surface area contributed by atoms with Crippen LogP contribution in [0.3, 0.4) is 0 Å². The van der Waals surface area contributed by atoms with Crippen molar-refractivity contribution < 1.29 is 25.8 Å². The van der Waals surface area contributed by atoms with Crippen LogP contribution in [0.15, 0.2) is 91.1 Å². The summed E-state index contributed by atoms with van der Waals surface area (Å²) in [6, 6.07) is 35.9. The number of aromatic nitrogens is 2. The molecule has 3 aromatic carbocycles. The third kappa shape index (κ3) is 4.47. The van der Waals surface area contributed by atoms with Crippen LogP contribution in [0.4, 0.5) is 0 Å². The molecule has 6 rings (SSSR count). The zero-order chi connectivity index (χ0) is 23.1. The van der Waals surface area contributed by atoms with Gasteiger partial charge in [-0.25, -0.2) is 16.1 Å². The molecule has 1 aliphatic heterocycles. The number of aryl methyl sites for hydroxylation is 2. The number of pyridine rings is 2. The average Bonchev–Trinajstić information content (AvgIpc) is 3.18. The van der Waals surface area contributed by atoms with Crippen LogP contribution >= 0.6 is 0 Å². The molecule has 0 radical (unpaired) electrons. The number of ether oxygens (including phenoxy) is 1. The molecule has 0 aliphatic carbocycles. The molecule has 0 atom stereocenters. The van der Waals surface area contributed by atoms with Crippen molar-refractivity contribution in [2.24, 2.45) is 0 Å². The monoisotopic (exact) mass is 631 g/mol. The van der Waals surface area contributed by atoms with Crippen molar-refractivity contribution >= 4 is 23.2 Å². The van der Waals surface area contributed by atoms with E-state index in [1.807, 2.05) is 55.6 Å². The zero-order valence-corrected chi connectivity index (χ0v) is 21.6. The molecule has 0 saturated heterocycles. The standard InChI is InChI=1S/C30H21BN2O.Pt/c1-20-15-16-32-29(17-20)31-27-11-4-3-10-25(27)26-14-13-23(19-28(26)31)22-8-6-9-24(18-22)34-30-12-5-7-21(2)33-30;/h3-17H,1-2H3;/q-2;+2. The maximum atomic E-state index is 5.98. The molecule has 2 aromatic heterocycles. The number of nitrogens with zero attached hydrogens (tertiary/aromatic N) is 2. The molecule has 35 heavy (non-hydrogen) atoms. The summed E-state index contributed by atoms with van der Waals surface area (Å²) < 4.78 is 5.98. The van der Waals surface area contributed by atoms with Crippen LogP contribution in [0.2, 0.25) is 0 Å². The fourth-order valence-corrected chi connectivity index (χ4v) is 4.66. The molecule has 0 fully saturated rings. The van der Waals surface area contributed by atoms with Gasteiger partial charge in [-0.15, -0.1) is 23.8 Å². The smallest absolute Gasteiger partial charge is 0.460 e. The summed E-state index contributed by atoms with van der Waals surface area (Å²) >= 11 is 0. The van der Waals surface area contributed by atoms with Gasteiger partial charge in [-0.1, -0.05) is 41.4 Å². The topological polar surface area (TPSA) is 35.0 Å². The van der Waals surface area contributed by atoms with Crippen LogP contribution in [0, 0.1) is 26.0 Å². The van der Waals surface area contributed by atoms with Crippen LogP contribution in [-0.2, 0) is 21.1 Å². The summed E-state index contributed by atoms with van der Waals surface area (Å²) in [7, 11) is 0. The summed E-state index contributed by atoms with van der Waals surface area (Å²) in [5.41, 5.74) is 9.96. The quantitative estimate of drug-likeness (QED) is 0.210. The van der Waals surface area contributed by atoms with Gasteiger partial charge in [0.15, 0.2) is 0 Å². The normalized spacial score (nSPS) is 11.4. The summed E-state index contributed by atoms with van der Waals surface area (Å²) in [5.74, 6) is 1.19. The minimum atomic E-state index is 0. The Labute approximate surface area is 220 Å². The molecular weight excluding hydrogens is 610 g/mol. The van der Waals surface area contributed by atoms with Gasteiger partial charge in [0.2, 0.25) is 12.6 Å². The van der Waals surface area contributed by atoms with E-state index in [9.17, 15) is 0 Å². The van der Waals surface area contributed by atoms with Crippen molar-refractivity contribution in [3.05, 3.63) is 115 Å². The van der Waals surface area contributed by atoms with E-state index in [4.69, 9.17) is 9.72 Å². The van der Waals surface area contributed by atoms with E-state index < -0.39 is 0 Å². The summed E-state index contributed by atoms with van der Waals surface area (Å²) in [5, 5.41) is 0. The van der Waals surface area contributed by atoms with Crippen molar-refractivity contribution in [2.75, 3.05) is 0 Å². The zero-order valence-electron chi connectivity index (χ0n) is 19.4. The largest absolute Gasteiger partial charge is 2.00 e. The molecule has 5 heteroatoms. The Kier molecular flexibility index (Phi) is 6.41. The Bertz CT molecular complexity index is 1530. The maximum absolute atomic E-state index is 5.98. The fourth-order valence-electron chi connectivity index (χ4n) is 4.66. The van der Waals surface area contributed by atoms with Crippen molar-refractivity contribution in [2.45, 2.75) is 13.8 Å². The Morgan fingerprint density at radius 1 is 0.771 bits per heavy atom. The number of fused-ring (bicyclic) bond motifs is 3. The van der Waals surface area contributed by atoms with E-state index >= 15 is 0 Å². The number of rotatable bonds is 4. The van der Waals surface area contributed by atoms with Gasteiger partial charge >= 0.3 is 21.1 Å². The molecule has 3 heterocycles. The van der Waals surface area contributed by atoms with Gasteiger partial charge in [-0.2, -0.15) is 29.7 Å². The van der Waals surface area contributed by atoms with Crippen molar-refractivity contribution in [1.82, 2.24) is 9.97 Å². The van der Waals surface area contributed by atoms with E-state index in [0.29, 0.717) is 11.6 Å². The molecule has 5 aromatic rings. The van der Waals surface area contributed by atoms with Crippen molar-refractivity contribution in [3.63, 3.8) is 0 Å². The second kappa shape index (κ2) is 9.64. The summed E-state index contributed by atoms with van der Waals surface area (Å²) in [6.07, 6.45) is 1.89. The molecular formula is C30H21BN2OPt. The Balaban J connectivity index is 0.00000253. The number of hydrogen-bond donors (Lipinski definition) is 0. The van der Waals surface area contributed by atoms with Crippen LogP contribution in [0.25, 0.3) is 22.3 Å². The second-order valence-electron chi connectivity index (χ2n) is 8.63. The second-order valence-corrected chi connectivity index (χ2v) is 8.63. The minimum Gasteiger partial charge on any atom is -0.460 e. The predicted octanol–water partition coefficient (Wildman–Crippen LogP) is 4.65. The minimum absolute atomic E-state index is 0. The van der Waals surface area contributed by atoms with Crippen molar-refractivity contribution in [3.8, 4) is 33.9 Å². The molecule has 170 valence electrons. The molecule has 0 N–H and O–H groups in total. The van der Waals surface area contributed by atoms with Crippen LogP contribution in [0.5, 0.6) is 11.6 Å². The first-order valence-corrected chi connectivity index (χ1v) is 11.4. The van der Waals surface area contributed by atoms with Gasteiger partial charge in [0.05, 0.1) is 0 Å². The van der Waals surface area contributed by atoms with Crippen LogP contribution in [-0.4, -0.2) is 16.7 Å². The Hall–Kier alpha value is -3.49. The third-order valence-corrected chi connectivity index (χ3v) is 6.20. The van der Waals surface area contributed by atoms with Gasteiger partial charge in [0.1, 0.15) is 0 Å². The molecule has 0 saturated carbocycles. The SMILES string of the molecule is Cc1ccnc(B2c3[c-]c(-c4[c-]c(Oc5cccc(C)n5)ccc4)ccc3-c3ccccc32)c1.[Pt+2]. The Morgan fingerprint density at radius 3 is 2.46 bits per heavy atom. The first-order chi connectivity index (χ1) is 16.7. The van der Waals surface area contributed by atoms with Gasteiger partial charge in [0.25, 0.3) is 0 Å². The molecule has 1 aliphatic rings. The predicted molar refractivity (Wildman–Crippen MR) is 138 cm³/mol. The van der Waals surface area contributed by atoms with E-state index in [2.05, 4.69) is 66.5 Å². The van der Waals surface area contributed by atoms with Gasteiger partial charge in [-0.3, -0.25) is 4.98 Å². The molecule has 0 unspecified atom stereocenters. The van der Waals surface area contributed by atoms with E-state index in [1.165, 1.54) is 22.2 Å². The number of hydrogen-bond acceptors (Lipinski definition) is 3. The third-order valence-electron chi connectivity index (χ3n) is 6.20. The molecule has 0 amide bonds. The van der Waals surface area contributed by atoms with E-state index in [1.54, 1.807) is 0 Å². The van der Waals surface area contributed by atoms with Crippen LogP contribution in [0.1, 0.15) is 11.3 Å². The van der Waals surface area contributed by atoms with Gasteiger partial charge < -0.3 is 4.74 Å². The van der Waals surface area contributed by atoms with E-state index in [-0.39, 0.29) is 27.8 Å². The fraction of sp³-hybridized carbons (Fsp3) is 0.0667. The van der Waals surface area contributed by atoms with Crippen LogP contribution < -0.4 is 21.3 Å². The first kappa shape index (κ1) is 23.3. The first-order valence-electron chi connectivity index (χ1n) is 11.4. The van der Waals surface area contributed by atoms with Crippen molar-refractivity contribution in [1.29, 1.82) is 0 Å². The van der Waals surface area contributed by atoms with Gasteiger partial charge in [-0.05, 0) is 37.6 Å². The Morgan fingerprint density at radius 2 is 1.60 bits per heavy atom. The average molecular weight is 631 g/mol. The molecule has 0 spiro atoms. The van der Waals surface area contributed by atoms with E-state index in [0.717, 1.165) is 27.9 Å². The summed E-state index contributed by atoms with van der Waals surface area (Å²) in [6.45, 7) is 4.11. The van der Waals surface area contributed by atoms with Gasteiger partial charge in [0, 0.05) is 29.3 Å². The molecule has 0 bridgehead atoms.